The number of non-ortho nitro benzene ring substituents is 1. The Morgan fingerprint density at radius 2 is 1.67 bits per heavy atom. The molecule has 2 aromatic carbocycles. The zero-order chi connectivity index (χ0) is 19.8. The fraction of sp³-hybridized carbons (Fsp3) is 0.300. The first kappa shape index (κ1) is 18.6. The van der Waals surface area contributed by atoms with Crippen LogP contribution in [0.5, 0.6) is 0 Å². The van der Waals surface area contributed by atoms with E-state index in [0.717, 1.165) is 5.56 Å². The number of nitrogens with one attached hydrogen (secondary N) is 1. The molecule has 0 spiro atoms. The van der Waals surface area contributed by atoms with E-state index in [1.165, 1.54) is 34.7 Å². The topological polar surface area (TPSA) is 92.6 Å². The summed E-state index contributed by atoms with van der Waals surface area (Å²) < 4.78 is 0. The molecule has 3 amide bonds. The van der Waals surface area contributed by atoms with Crippen LogP contribution in [0.2, 0.25) is 0 Å². The Kier molecular flexibility index (Phi) is 4.70. The van der Waals surface area contributed by atoms with Crippen LogP contribution >= 0.6 is 0 Å². The van der Waals surface area contributed by atoms with Crippen molar-refractivity contribution >= 4 is 17.6 Å². The molecule has 0 aliphatic carbocycles. The maximum atomic E-state index is 12.9. The average Bonchev–Trinajstić information content (AvgIpc) is 2.86. The van der Waals surface area contributed by atoms with Gasteiger partial charge in [0.1, 0.15) is 5.54 Å². The third-order valence-corrected chi connectivity index (χ3v) is 4.92. The number of nitro benzene ring substituents is 1. The number of rotatable bonds is 5. The number of urea groups is 1. The van der Waals surface area contributed by atoms with E-state index >= 15 is 0 Å². The fourth-order valence-electron chi connectivity index (χ4n) is 3.14. The predicted molar refractivity (Wildman–Crippen MR) is 100 cm³/mol. The monoisotopic (exact) mass is 367 g/mol. The van der Waals surface area contributed by atoms with Gasteiger partial charge in [-0.3, -0.25) is 19.8 Å². The lowest BCUT2D eigenvalue weighted by molar-refractivity contribution is -0.384. The van der Waals surface area contributed by atoms with Crippen LogP contribution in [0, 0.1) is 10.1 Å². The highest BCUT2D eigenvalue weighted by Gasteiger charge is 2.48. The average molecular weight is 367 g/mol. The van der Waals surface area contributed by atoms with Crippen molar-refractivity contribution < 1.29 is 14.5 Å². The molecule has 1 N–H and O–H groups in total. The van der Waals surface area contributed by atoms with Crippen molar-refractivity contribution in [2.24, 2.45) is 0 Å². The van der Waals surface area contributed by atoms with Gasteiger partial charge >= 0.3 is 6.03 Å². The highest BCUT2D eigenvalue weighted by Crippen LogP contribution is 2.31. The van der Waals surface area contributed by atoms with Gasteiger partial charge < -0.3 is 5.32 Å². The van der Waals surface area contributed by atoms with Crippen LogP contribution < -0.4 is 5.32 Å². The number of nitro groups is 1. The maximum Gasteiger partial charge on any atom is 0.325 e. The lowest BCUT2D eigenvalue weighted by Gasteiger charge is -2.22. The van der Waals surface area contributed by atoms with Gasteiger partial charge in [0.2, 0.25) is 0 Å². The summed E-state index contributed by atoms with van der Waals surface area (Å²) in [5, 5.41) is 13.5. The van der Waals surface area contributed by atoms with E-state index < -0.39 is 16.5 Å². The van der Waals surface area contributed by atoms with Gasteiger partial charge in [-0.1, -0.05) is 38.1 Å². The van der Waals surface area contributed by atoms with E-state index in [1.807, 2.05) is 24.3 Å². The normalized spacial score (nSPS) is 19.5. The molecular formula is C20H21N3O4. The van der Waals surface area contributed by atoms with Crippen LogP contribution in [0.3, 0.4) is 0 Å². The van der Waals surface area contributed by atoms with Crippen LogP contribution in [0.4, 0.5) is 10.5 Å². The van der Waals surface area contributed by atoms with E-state index in [4.69, 9.17) is 0 Å². The summed E-state index contributed by atoms with van der Waals surface area (Å²) in [5.41, 5.74) is 1.23. The van der Waals surface area contributed by atoms with Gasteiger partial charge in [0.15, 0.2) is 0 Å². The van der Waals surface area contributed by atoms with E-state index in [0.29, 0.717) is 11.5 Å². The van der Waals surface area contributed by atoms with Gasteiger partial charge in [-0.05, 0) is 41.7 Å². The number of imide groups is 1. The van der Waals surface area contributed by atoms with E-state index in [2.05, 4.69) is 19.2 Å². The number of hydrogen-bond acceptors (Lipinski definition) is 4. The summed E-state index contributed by atoms with van der Waals surface area (Å²) in [6, 6.07) is 13.0. The molecule has 0 aromatic heterocycles. The molecule has 1 aliphatic rings. The molecule has 7 nitrogen and oxygen atoms in total. The summed E-state index contributed by atoms with van der Waals surface area (Å²) in [5.74, 6) is 0.0236. The number of amides is 3. The Labute approximate surface area is 157 Å². The molecule has 7 heteroatoms. The number of carbonyl (C=O) groups excluding carboxylic acids is 2. The largest absolute Gasteiger partial charge is 0.325 e. The third kappa shape index (κ3) is 3.40. The Morgan fingerprint density at radius 1 is 1.07 bits per heavy atom. The van der Waals surface area contributed by atoms with Crippen molar-refractivity contribution in [1.82, 2.24) is 10.2 Å². The summed E-state index contributed by atoms with van der Waals surface area (Å²) in [6.45, 7) is 5.98. The first-order valence-electron chi connectivity index (χ1n) is 8.70. The van der Waals surface area contributed by atoms with Crippen LogP contribution in [-0.2, 0) is 16.9 Å². The second-order valence-electron chi connectivity index (χ2n) is 7.15. The summed E-state index contributed by atoms with van der Waals surface area (Å²) in [7, 11) is 0. The molecule has 1 saturated heterocycles. The molecule has 2 aromatic rings. The SMILES string of the molecule is CC(C)c1ccc(CN2C(=O)N[C@](C)(c3ccc([N+](=O)[O-])cc3)C2=O)cc1. The van der Waals surface area contributed by atoms with Crippen molar-refractivity contribution in [3.05, 3.63) is 75.3 Å². The number of benzene rings is 2. The molecule has 27 heavy (non-hydrogen) atoms. The van der Waals surface area contributed by atoms with Crippen LogP contribution in [0.15, 0.2) is 48.5 Å². The van der Waals surface area contributed by atoms with E-state index in [-0.39, 0.29) is 18.1 Å². The lowest BCUT2D eigenvalue weighted by atomic mass is 9.92. The molecule has 1 aliphatic heterocycles. The van der Waals surface area contributed by atoms with Crippen LogP contribution in [-0.4, -0.2) is 21.8 Å². The zero-order valence-corrected chi connectivity index (χ0v) is 15.4. The smallest absolute Gasteiger partial charge is 0.319 e. The fourth-order valence-corrected chi connectivity index (χ4v) is 3.14. The predicted octanol–water partition coefficient (Wildman–Crippen LogP) is 3.69. The Morgan fingerprint density at radius 3 is 2.19 bits per heavy atom. The number of nitrogens with zero attached hydrogens (tertiary/aromatic N) is 2. The minimum absolute atomic E-state index is 0.0683. The first-order valence-corrected chi connectivity index (χ1v) is 8.70. The summed E-state index contributed by atoms with van der Waals surface area (Å²) in [6.07, 6.45) is 0. The van der Waals surface area contributed by atoms with Gasteiger partial charge in [0.05, 0.1) is 11.5 Å². The van der Waals surface area contributed by atoms with Gasteiger partial charge in [-0.15, -0.1) is 0 Å². The van der Waals surface area contributed by atoms with Gasteiger partial charge in [-0.2, -0.15) is 0 Å². The van der Waals surface area contributed by atoms with Crippen molar-refractivity contribution in [2.45, 2.75) is 38.8 Å². The number of hydrogen-bond donors (Lipinski definition) is 1. The lowest BCUT2D eigenvalue weighted by Crippen LogP contribution is -2.40. The third-order valence-electron chi connectivity index (χ3n) is 4.92. The standard InChI is InChI=1S/C20H21N3O4/c1-13(2)15-6-4-14(5-7-15)12-22-18(24)20(3,21-19(22)25)16-8-10-17(11-9-16)23(26)27/h4-11,13H,12H2,1-3H3,(H,21,25)/t20-/m1/s1. The Balaban J connectivity index is 1.82. The Bertz CT molecular complexity index is 890. The van der Waals surface area contributed by atoms with Crippen LogP contribution in [0.1, 0.15) is 43.4 Å². The summed E-state index contributed by atoms with van der Waals surface area (Å²) >= 11 is 0. The molecule has 1 heterocycles. The van der Waals surface area contributed by atoms with Gasteiger partial charge in [0.25, 0.3) is 11.6 Å². The second kappa shape index (κ2) is 6.83. The number of carbonyl (C=O) groups is 2. The molecule has 0 saturated carbocycles. The van der Waals surface area contributed by atoms with Crippen molar-refractivity contribution in [3.8, 4) is 0 Å². The molecular weight excluding hydrogens is 346 g/mol. The highest BCUT2D eigenvalue weighted by molar-refractivity contribution is 6.07. The van der Waals surface area contributed by atoms with Crippen molar-refractivity contribution in [2.75, 3.05) is 0 Å². The summed E-state index contributed by atoms with van der Waals surface area (Å²) in [4.78, 5) is 36.8. The van der Waals surface area contributed by atoms with E-state index in [9.17, 15) is 19.7 Å². The van der Waals surface area contributed by atoms with Gasteiger partial charge in [-0.25, -0.2) is 4.79 Å². The molecule has 1 atom stereocenters. The van der Waals surface area contributed by atoms with Gasteiger partial charge in [0, 0.05) is 12.1 Å². The second-order valence-corrected chi connectivity index (χ2v) is 7.15. The van der Waals surface area contributed by atoms with E-state index in [1.54, 1.807) is 6.92 Å². The molecule has 0 radical (unpaired) electrons. The molecule has 140 valence electrons. The zero-order valence-electron chi connectivity index (χ0n) is 15.4. The minimum Gasteiger partial charge on any atom is -0.319 e. The maximum absolute atomic E-state index is 12.9. The van der Waals surface area contributed by atoms with Crippen molar-refractivity contribution in [3.63, 3.8) is 0 Å². The quantitative estimate of drug-likeness (QED) is 0.495. The highest BCUT2D eigenvalue weighted by atomic mass is 16.6. The molecule has 3 rings (SSSR count). The molecule has 0 bridgehead atoms. The molecule has 0 unspecified atom stereocenters. The minimum atomic E-state index is -1.25. The Hall–Kier alpha value is -3.22. The first-order chi connectivity index (χ1) is 12.7. The van der Waals surface area contributed by atoms with Crippen LogP contribution in [0.25, 0.3) is 0 Å². The van der Waals surface area contributed by atoms with Crippen molar-refractivity contribution in [1.29, 1.82) is 0 Å². The molecule has 1 fully saturated rings.